The number of hydrogen-bond donors (Lipinski definition) is 1. The van der Waals surface area contributed by atoms with E-state index in [2.05, 4.69) is 28.7 Å². The number of benzene rings is 1. The molecular weight excluding hydrogens is 294 g/mol. The lowest BCUT2D eigenvalue weighted by Crippen LogP contribution is -2.22. The second-order valence-electron chi connectivity index (χ2n) is 5.06. The number of carbonyl (C=O) groups is 2. The minimum atomic E-state index is -1.26. The van der Waals surface area contributed by atoms with E-state index in [1.807, 2.05) is 19.1 Å². The minimum Gasteiger partial charge on any atom is -0.476 e. The second-order valence-corrected chi connectivity index (χ2v) is 5.06. The summed E-state index contributed by atoms with van der Waals surface area (Å²) < 4.78 is 0. The molecule has 0 saturated heterocycles. The van der Waals surface area contributed by atoms with Crippen LogP contribution in [0.1, 0.15) is 46.0 Å². The molecule has 0 spiro atoms. The van der Waals surface area contributed by atoms with Crippen molar-refractivity contribution in [1.29, 1.82) is 0 Å². The highest BCUT2D eigenvalue weighted by atomic mass is 16.4. The Labute approximate surface area is 134 Å². The smallest absolute Gasteiger partial charge is 0.356 e. The van der Waals surface area contributed by atoms with Gasteiger partial charge in [0.2, 0.25) is 5.78 Å². The van der Waals surface area contributed by atoms with Crippen molar-refractivity contribution in [3.63, 3.8) is 0 Å². The van der Waals surface area contributed by atoms with Crippen molar-refractivity contribution < 1.29 is 14.7 Å². The first-order chi connectivity index (χ1) is 11.0. The largest absolute Gasteiger partial charge is 0.476 e. The van der Waals surface area contributed by atoms with Crippen LogP contribution in [0.3, 0.4) is 0 Å². The highest BCUT2D eigenvalue weighted by Gasteiger charge is 2.22. The number of aromatic carboxylic acids is 1. The summed E-state index contributed by atoms with van der Waals surface area (Å²) in [7, 11) is 0. The molecule has 0 amide bonds. The van der Waals surface area contributed by atoms with Crippen molar-refractivity contribution in [3.8, 4) is 0 Å². The SMILES string of the molecule is CCN(CC)c1ccc(C(=O)c2nccnc2C(=O)O)c(C)c1. The fourth-order valence-corrected chi connectivity index (χ4v) is 2.48. The van der Waals surface area contributed by atoms with Gasteiger partial charge in [0.15, 0.2) is 5.69 Å². The number of ketones is 1. The van der Waals surface area contributed by atoms with Gasteiger partial charge in [-0.25, -0.2) is 14.8 Å². The molecular formula is C17H19N3O3. The highest BCUT2D eigenvalue weighted by Crippen LogP contribution is 2.21. The Morgan fingerprint density at radius 1 is 1.09 bits per heavy atom. The first-order valence-electron chi connectivity index (χ1n) is 7.44. The van der Waals surface area contributed by atoms with E-state index in [0.29, 0.717) is 5.56 Å². The number of carboxylic acids is 1. The molecule has 6 heteroatoms. The zero-order chi connectivity index (χ0) is 17.0. The molecule has 0 atom stereocenters. The molecule has 1 N–H and O–H groups in total. The van der Waals surface area contributed by atoms with E-state index >= 15 is 0 Å². The lowest BCUT2D eigenvalue weighted by Gasteiger charge is -2.22. The van der Waals surface area contributed by atoms with Gasteiger partial charge in [0, 0.05) is 36.7 Å². The average Bonchev–Trinajstić information content (AvgIpc) is 2.55. The number of rotatable bonds is 6. The van der Waals surface area contributed by atoms with E-state index in [0.717, 1.165) is 24.3 Å². The zero-order valence-electron chi connectivity index (χ0n) is 13.4. The predicted molar refractivity (Wildman–Crippen MR) is 87.2 cm³/mol. The second kappa shape index (κ2) is 7.00. The lowest BCUT2D eigenvalue weighted by molar-refractivity contribution is 0.0685. The van der Waals surface area contributed by atoms with E-state index < -0.39 is 11.8 Å². The standard InChI is InChI=1S/C17H19N3O3/c1-4-20(5-2)12-6-7-13(11(3)10-12)16(21)14-15(17(22)23)19-9-8-18-14/h6-10H,4-5H2,1-3H3,(H,22,23). The normalized spacial score (nSPS) is 10.4. The Kier molecular flexibility index (Phi) is 5.05. The van der Waals surface area contributed by atoms with Crippen LogP contribution in [-0.4, -0.2) is 39.9 Å². The molecule has 0 aliphatic heterocycles. The molecule has 0 aliphatic carbocycles. The monoisotopic (exact) mass is 313 g/mol. The van der Waals surface area contributed by atoms with Crippen molar-refractivity contribution in [2.24, 2.45) is 0 Å². The van der Waals surface area contributed by atoms with Crippen molar-refractivity contribution >= 4 is 17.4 Å². The summed E-state index contributed by atoms with van der Waals surface area (Å²) in [4.78, 5) is 33.6. The Bertz CT molecular complexity index is 740. The maximum Gasteiger partial charge on any atom is 0.356 e. The van der Waals surface area contributed by atoms with Crippen molar-refractivity contribution in [2.75, 3.05) is 18.0 Å². The quantitative estimate of drug-likeness (QED) is 0.825. The third-order valence-corrected chi connectivity index (χ3v) is 3.70. The van der Waals surface area contributed by atoms with Gasteiger partial charge in [-0.3, -0.25) is 4.79 Å². The fourth-order valence-electron chi connectivity index (χ4n) is 2.48. The summed E-state index contributed by atoms with van der Waals surface area (Å²) in [5.74, 6) is -1.70. The fraction of sp³-hybridized carbons (Fsp3) is 0.294. The van der Waals surface area contributed by atoms with Crippen LogP contribution in [0.4, 0.5) is 5.69 Å². The van der Waals surface area contributed by atoms with Gasteiger partial charge in [0.25, 0.3) is 0 Å². The van der Waals surface area contributed by atoms with E-state index in [1.54, 1.807) is 6.07 Å². The average molecular weight is 313 g/mol. The van der Waals surface area contributed by atoms with Gasteiger partial charge in [0.05, 0.1) is 0 Å². The molecule has 0 radical (unpaired) electrons. The molecule has 6 nitrogen and oxygen atoms in total. The number of carboxylic acid groups (broad SMARTS) is 1. The van der Waals surface area contributed by atoms with E-state index in [4.69, 9.17) is 5.11 Å². The molecule has 0 fully saturated rings. The van der Waals surface area contributed by atoms with E-state index in [9.17, 15) is 9.59 Å². The summed E-state index contributed by atoms with van der Waals surface area (Å²) in [5, 5.41) is 9.15. The number of aryl methyl sites for hydroxylation is 1. The zero-order valence-corrected chi connectivity index (χ0v) is 13.4. The van der Waals surface area contributed by atoms with Gasteiger partial charge in [0.1, 0.15) is 5.69 Å². The van der Waals surface area contributed by atoms with E-state index in [1.165, 1.54) is 12.4 Å². The molecule has 0 aliphatic rings. The van der Waals surface area contributed by atoms with Gasteiger partial charge in [-0.15, -0.1) is 0 Å². The number of anilines is 1. The van der Waals surface area contributed by atoms with Gasteiger partial charge in [-0.05, 0) is 44.5 Å². The first kappa shape index (κ1) is 16.6. The number of hydrogen-bond acceptors (Lipinski definition) is 5. The lowest BCUT2D eigenvalue weighted by atomic mass is 10.00. The van der Waals surface area contributed by atoms with Crippen LogP contribution in [0, 0.1) is 6.92 Å². The molecule has 0 bridgehead atoms. The molecule has 0 saturated carbocycles. The maximum atomic E-state index is 12.6. The Morgan fingerprint density at radius 3 is 2.22 bits per heavy atom. The molecule has 0 unspecified atom stereocenters. The van der Waals surface area contributed by atoms with E-state index in [-0.39, 0.29) is 11.4 Å². The first-order valence-corrected chi connectivity index (χ1v) is 7.44. The third kappa shape index (κ3) is 3.36. The van der Waals surface area contributed by atoms with Gasteiger partial charge in [-0.2, -0.15) is 0 Å². The molecule has 2 rings (SSSR count). The topological polar surface area (TPSA) is 83.4 Å². The number of carbonyl (C=O) groups excluding carboxylic acids is 1. The highest BCUT2D eigenvalue weighted by molar-refractivity contribution is 6.13. The molecule has 1 aromatic heterocycles. The van der Waals surface area contributed by atoms with Crippen LogP contribution in [0.25, 0.3) is 0 Å². The summed E-state index contributed by atoms with van der Waals surface area (Å²) in [6, 6.07) is 5.51. The summed E-state index contributed by atoms with van der Waals surface area (Å²) >= 11 is 0. The van der Waals surface area contributed by atoms with Crippen LogP contribution in [0.15, 0.2) is 30.6 Å². The van der Waals surface area contributed by atoms with Crippen LogP contribution in [-0.2, 0) is 0 Å². The third-order valence-electron chi connectivity index (χ3n) is 3.70. The molecule has 120 valence electrons. The van der Waals surface area contributed by atoms with Crippen LogP contribution < -0.4 is 4.90 Å². The molecule has 1 aromatic carbocycles. The van der Waals surface area contributed by atoms with Gasteiger partial charge >= 0.3 is 5.97 Å². The van der Waals surface area contributed by atoms with Crippen LogP contribution in [0.2, 0.25) is 0 Å². The Balaban J connectivity index is 2.43. The van der Waals surface area contributed by atoms with Gasteiger partial charge in [-0.1, -0.05) is 0 Å². The predicted octanol–water partition coefficient (Wildman–Crippen LogP) is 2.56. The maximum absolute atomic E-state index is 12.6. The molecule has 2 aromatic rings. The Hall–Kier alpha value is -2.76. The van der Waals surface area contributed by atoms with Crippen molar-refractivity contribution in [2.45, 2.75) is 20.8 Å². The molecule has 1 heterocycles. The van der Waals surface area contributed by atoms with Crippen molar-refractivity contribution in [1.82, 2.24) is 9.97 Å². The summed E-state index contributed by atoms with van der Waals surface area (Å²) in [5.41, 5.74) is 1.77. The minimum absolute atomic E-state index is 0.140. The molecule has 23 heavy (non-hydrogen) atoms. The van der Waals surface area contributed by atoms with Gasteiger partial charge < -0.3 is 10.0 Å². The Morgan fingerprint density at radius 2 is 1.70 bits per heavy atom. The van der Waals surface area contributed by atoms with Crippen LogP contribution in [0.5, 0.6) is 0 Å². The number of aromatic nitrogens is 2. The summed E-state index contributed by atoms with van der Waals surface area (Å²) in [6.07, 6.45) is 2.58. The van der Waals surface area contributed by atoms with Crippen LogP contribution >= 0.6 is 0 Å². The van der Waals surface area contributed by atoms with Crippen molar-refractivity contribution in [3.05, 3.63) is 53.1 Å². The number of nitrogens with zero attached hydrogens (tertiary/aromatic N) is 3. The summed E-state index contributed by atoms with van der Waals surface area (Å²) in [6.45, 7) is 7.71.